The van der Waals surface area contributed by atoms with E-state index in [0.717, 1.165) is 24.2 Å². The van der Waals surface area contributed by atoms with Crippen LogP contribution in [0.1, 0.15) is 47.5 Å². The van der Waals surface area contributed by atoms with E-state index < -0.39 is 5.60 Å². The molecule has 2 saturated carbocycles. The fraction of sp³-hybridized carbons (Fsp3) is 0.929. The summed E-state index contributed by atoms with van der Waals surface area (Å²) in [7, 11) is 0. The highest BCUT2D eigenvalue weighted by Gasteiger charge is 2.49. The van der Waals surface area contributed by atoms with Crippen molar-refractivity contribution in [3.05, 3.63) is 0 Å². The molecule has 0 aromatic carbocycles. The summed E-state index contributed by atoms with van der Waals surface area (Å²) in [5, 5.41) is 3.06. The largest absolute Gasteiger partial charge is 0.444 e. The van der Waals surface area contributed by atoms with Gasteiger partial charge in [-0.3, -0.25) is 0 Å². The van der Waals surface area contributed by atoms with Crippen LogP contribution in [0.5, 0.6) is 0 Å². The average Bonchev–Trinajstić information content (AvgIpc) is 2.65. The summed E-state index contributed by atoms with van der Waals surface area (Å²) in [4.78, 5) is 11.7. The van der Waals surface area contributed by atoms with E-state index in [4.69, 9.17) is 4.74 Å². The summed E-state index contributed by atoms with van der Waals surface area (Å²) in [6, 6.07) is 0.334. The molecule has 2 aliphatic carbocycles. The number of fused-ring (bicyclic) bond motifs is 2. The molecule has 0 radical (unpaired) electrons. The third-order valence-electron chi connectivity index (χ3n) is 4.60. The number of nitrogens with one attached hydrogen (secondary N) is 1. The Morgan fingerprint density at radius 3 is 2.29 bits per heavy atom. The summed E-state index contributed by atoms with van der Waals surface area (Å²) in [6.45, 7) is 10.4. The Morgan fingerprint density at radius 2 is 1.82 bits per heavy atom. The lowest BCUT2D eigenvalue weighted by atomic mass is 9.79. The Morgan fingerprint density at radius 1 is 1.18 bits per heavy atom. The van der Waals surface area contributed by atoms with Gasteiger partial charge in [0.2, 0.25) is 0 Å². The van der Waals surface area contributed by atoms with Crippen molar-refractivity contribution < 1.29 is 9.53 Å². The van der Waals surface area contributed by atoms with Crippen molar-refractivity contribution in [2.24, 2.45) is 23.7 Å². The molecule has 17 heavy (non-hydrogen) atoms. The van der Waals surface area contributed by atoms with E-state index in [1.165, 1.54) is 6.42 Å². The predicted octanol–water partition coefficient (Wildman–Crippen LogP) is 3.19. The van der Waals surface area contributed by atoms with E-state index >= 15 is 0 Å². The molecule has 2 aliphatic rings. The van der Waals surface area contributed by atoms with Crippen LogP contribution in [-0.2, 0) is 4.74 Å². The van der Waals surface area contributed by atoms with Crippen LogP contribution in [-0.4, -0.2) is 17.7 Å². The van der Waals surface area contributed by atoms with Crippen molar-refractivity contribution in [3.8, 4) is 0 Å². The second kappa shape index (κ2) is 4.18. The van der Waals surface area contributed by atoms with E-state index in [9.17, 15) is 4.79 Å². The molecule has 0 aromatic heterocycles. The van der Waals surface area contributed by atoms with Crippen LogP contribution in [0.2, 0.25) is 0 Å². The molecule has 1 amide bonds. The quantitative estimate of drug-likeness (QED) is 0.763. The molecular formula is C14H25NO2. The highest BCUT2D eigenvalue weighted by atomic mass is 16.6. The van der Waals surface area contributed by atoms with Crippen molar-refractivity contribution in [2.75, 3.05) is 0 Å². The standard InChI is InChI=1S/C14H25NO2/c1-8-9(2)11-6-10(8)7-12(11)15-13(16)17-14(3,4)5/h8-12H,6-7H2,1-5H3,(H,15,16)/t8-,9-,10?,11?,12+/m1/s1. The molecular weight excluding hydrogens is 214 g/mol. The predicted molar refractivity (Wildman–Crippen MR) is 67.7 cm³/mol. The lowest BCUT2D eigenvalue weighted by molar-refractivity contribution is 0.0467. The van der Waals surface area contributed by atoms with Crippen LogP contribution in [0.4, 0.5) is 4.79 Å². The van der Waals surface area contributed by atoms with Gasteiger partial charge < -0.3 is 10.1 Å². The van der Waals surface area contributed by atoms with Gasteiger partial charge in [0.1, 0.15) is 5.60 Å². The Hall–Kier alpha value is -0.730. The van der Waals surface area contributed by atoms with E-state index in [1.807, 2.05) is 20.8 Å². The first-order valence-corrected chi connectivity index (χ1v) is 6.77. The van der Waals surface area contributed by atoms with Gasteiger partial charge in [0.15, 0.2) is 0 Å². The van der Waals surface area contributed by atoms with Crippen molar-refractivity contribution in [3.63, 3.8) is 0 Å². The van der Waals surface area contributed by atoms with E-state index in [1.54, 1.807) is 0 Å². The molecule has 0 heterocycles. The highest BCUT2D eigenvalue weighted by Crippen LogP contribution is 2.51. The van der Waals surface area contributed by atoms with Gasteiger partial charge in [-0.05, 0) is 57.3 Å². The Bertz CT molecular complexity index is 306. The van der Waals surface area contributed by atoms with E-state index in [2.05, 4.69) is 19.2 Å². The fourth-order valence-corrected chi connectivity index (χ4v) is 3.57. The van der Waals surface area contributed by atoms with Crippen molar-refractivity contribution in [1.29, 1.82) is 0 Å². The van der Waals surface area contributed by atoms with Crippen LogP contribution in [0.15, 0.2) is 0 Å². The van der Waals surface area contributed by atoms with Crippen LogP contribution in [0, 0.1) is 23.7 Å². The van der Waals surface area contributed by atoms with E-state index in [-0.39, 0.29) is 6.09 Å². The Kier molecular flexibility index (Phi) is 3.13. The minimum Gasteiger partial charge on any atom is -0.444 e. The van der Waals surface area contributed by atoms with Gasteiger partial charge in [-0.2, -0.15) is 0 Å². The molecule has 2 unspecified atom stereocenters. The molecule has 2 fully saturated rings. The number of rotatable bonds is 1. The van der Waals surface area contributed by atoms with Crippen molar-refractivity contribution >= 4 is 6.09 Å². The zero-order valence-electron chi connectivity index (χ0n) is 11.6. The Labute approximate surface area is 104 Å². The summed E-state index contributed by atoms with van der Waals surface area (Å²) < 4.78 is 5.32. The van der Waals surface area contributed by atoms with Gasteiger partial charge in [0.25, 0.3) is 0 Å². The van der Waals surface area contributed by atoms with Crippen LogP contribution in [0.25, 0.3) is 0 Å². The first-order chi connectivity index (χ1) is 7.78. The molecule has 2 rings (SSSR count). The lowest BCUT2D eigenvalue weighted by Gasteiger charge is -2.32. The van der Waals surface area contributed by atoms with Gasteiger partial charge in [-0.1, -0.05) is 13.8 Å². The van der Waals surface area contributed by atoms with Gasteiger partial charge in [0.05, 0.1) is 0 Å². The highest BCUT2D eigenvalue weighted by molar-refractivity contribution is 5.68. The number of ether oxygens (including phenoxy) is 1. The number of hydrogen-bond donors (Lipinski definition) is 1. The minimum atomic E-state index is -0.402. The first kappa shape index (κ1) is 12.7. The molecule has 5 atom stereocenters. The third-order valence-corrected chi connectivity index (χ3v) is 4.60. The third kappa shape index (κ3) is 2.58. The lowest BCUT2D eigenvalue weighted by Crippen LogP contribution is -2.44. The van der Waals surface area contributed by atoms with Gasteiger partial charge >= 0.3 is 6.09 Å². The zero-order valence-corrected chi connectivity index (χ0v) is 11.6. The number of carbonyl (C=O) groups excluding carboxylic acids is 1. The van der Waals surface area contributed by atoms with Gasteiger partial charge in [-0.25, -0.2) is 4.79 Å². The monoisotopic (exact) mass is 239 g/mol. The molecule has 0 spiro atoms. The number of carbonyl (C=O) groups is 1. The molecule has 0 saturated heterocycles. The number of amides is 1. The summed E-state index contributed by atoms with van der Waals surface area (Å²) >= 11 is 0. The second-order valence-electron chi connectivity index (χ2n) is 6.87. The molecule has 3 heteroatoms. The summed E-state index contributed by atoms with van der Waals surface area (Å²) in [6.07, 6.45) is 2.16. The van der Waals surface area contributed by atoms with Crippen LogP contribution < -0.4 is 5.32 Å². The fourth-order valence-electron chi connectivity index (χ4n) is 3.57. The SMILES string of the molecule is C[C@H]1C2CC([C@@H](NC(=O)OC(C)(C)C)C2)[C@@H]1C. The number of alkyl carbamates (subject to hydrolysis) is 1. The average molecular weight is 239 g/mol. The van der Waals surface area contributed by atoms with Crippen LogP contribution >= 0.6 is 0 Å². The zero-order chi connectivity index (χ0) is 12.8. The Balaban J connectivity index is 1.88. The molecule has 3 nitrogen and oxygen atoms in total. The van der Waals surface area contributed by atoms with Crippen molar-refractivity contribution in [2.45, 2.75) is 59.1 Å². The smallest absolute Gasteiger partial charge is 0.407 e. The topological polar surface area (TPSA) is 38.3 Å². The maximum atomic E-state index is 11.7. The van der Waals surface area contributed by atoms with Crippen molar-refractivity contribution in [1.82, 2.24) is 5.32 Å². The summed E-state index contributed by atoms with van der Waals surface area (Å²) in [5.41, 5.74) is -0.402. The maximum Gasteiger partial charge on any atom is 0.407 e. The molecule has 1 N–H and O–H groups in total. The van der Waals surface area contributed by atoms with Gasteiger partial charge in [0, 0.05) is 6.04 Å². The normalized spacial score (nSPS) is 40.4. The number of hydrogen-bond acceptors (Lipinski definition) is 2. The molecule has 2 bridgehead atoms. The summed E-state index contributed by atoms with van der Waals surface area (Å²) in [5.74, 6) is 3.00. The molecule has 0 aliphatic heterocycles. The molecule has 0 aromatic rings. The first-order valence-electron chi connectivity index (χ1n) is 6.77. The van der Waals surface area contributed by atoms with Crippen LogP contribution in [0.3, 0.4) is 0 Å². The van der Waals surface area contributed by atoms with E-state index in [0.29, 0.717) is 12.0 Å². The maximum absolute atomic E-state index is 11.7. The second-order valence-corrected chi connectivity index (χ2v) is 6.87. The van der Waals surface area contributed by atoms with Gasteiger partial charge in [-0.15, -0.1) is 0 Å². The minimum absolute atomic E-state index is 0.255. The molecule has 98 valence electrons.